The highest BCUT2D eigenvalue weighted by atomic mass is 15.0. The predicted molar refractivity (Wildman–Crippen MR) is 70.5 cm³/mol. The summed E-state index contributed by atoms with van der Waals surface area (Å²) in [6.45, 7) is 6.51. The molecule has 2 atom stereocenters. The molecule has 92 valence electrons. The van der Waals surface area contributed by atoms with E-state index < -0.39 is 0 Å². The Labute approximate surface area is 99.2 Å². The first-order chi connectivity index (χ1) is 7.67. The van der Waals surface area contributed by atoms with Crippen LogP contribution in [0.4, 0.5) is 0 Å². The summed E-state index contributed by atoms with van der Waals surface area (Å²) in [6.07, 6.45) is 8.61. The van der Waals surface area contributed by atoms with Gasteiger partial charge in [0.1, 0.15) is 0 Å². The molecule has 2 unspecified atom stereocenters. The summed E-state index contributed by atoms with van der Waals surface area (Å²) in [5.74, 6) is 0.535. The van der Waals surface area contributed by atoms with Crippen LogP contribution in [0, 0.1) is 5.92 Å². The number of nitrogens with one attached hydrogen (secondary N) is 1. The van der Waals surface area contributed by atoms with E-state index >= 15 is 0 Å². The Morgan fingerprint density at radius 3 is 2.69 bits per heavy atom. The van der Waals surface area contributed by atoms with Gasteiger partial charge in [0, 0.05) is 24.5 Å². The van der Waals surface area contributed by atoms with Crippen LogP contribution in [0.15, 0.2) is 16.9 Å². The molecule has 1 aliphatic rings. The first kappa shape index (κ1) is 13.2. The molecule has 3 heteroatoms. The van der Waals surface area contributed by atoms with Crippen LogP contribution in [0.2, 0.25) is 0 Å². The molecule has 0 radical (unpaired) electrons. The van der Waals surface area contributed by atoms with E-state index in [9.17, 15) is 0 Å². The standard InChI is InChI=1S/C13H25N3/c1-4-5-10(2)9-15-13(8-14)11(3)16-12-6-7-12/h8-12,16H,4-7,14H2,1-3H3/b13-8-,15-9?. The van der Waals surface area contributed by atoms with Gasteiger partial charge in [0.05, 0.1) is 5.70 Å². The van der Waals surface area contributed by atoms with Gasteiger partial charge in [-0.2, -0.15) is 0 Å². The molecule has 0 aromatic heterocycles. The highest BCUT2D eigenvalue weighted by Crippen LogP contribution is 2.20. The Morgan fingerprint density at radius 2 is 2.19 bits per heavy atom. The summed E-state index contributed by atoms with van der Waals surface area (Å²) in [4.78, 5) is 4.49. The number of nitrogens with zero attached hydrogens (tertiary/aromatic N) is 1. The van der Waals surface area contributed by atoms with Gasteiger partial charge < -0.3 is 11.1 Å². The molecule has 0 aromatic rings. The van der Waals surface area contributed by atoms with Crippen LogP contribution >= 0.6 is 0 Å². The predicted octanol–water partition coefficient (Wildman–Crippen LogP) is 2.43. The van der Waals surface area contributed by atoms with E-state index in [0.29, 0.717) is 12.0 Å². The lowest BCUT2D eigenvalue weighted by Gasteiger charge is -2.13. The molecule has 0 saturated heterocycles. The number of hydrogen-bond donors (Lipinski definition) is 2. The summed E-state index contributed by atoms with van der Waals surface area (Å²) in [5, 5.41) is 3.50. The second-order valence-electron chi connectivity index (χ2n) is 4.80. The zero-order valence-corrected chi connectivity index (χ0v) is 10.7. The Balaban J connectivity index is 2.40. The molecule has 0 bridgehead atoms. The highest BCUT2D eigenvalue weighted by Gasteiger charge is 2.23. The molecule has 1 rings (SSSR count). The molecule has 1 saturated carbocycles. The van der Waals surface area contributed by atoms with E-state index in [1.54, 1.807) is 6.20 Å². The molecule has 16 heavy (non-hydrogen) atoms. The lowest BCUT2D eigenvalue weighted by Crippen LogP contribution is -2.29. The number of aliphatic imine (C=N–C) groups is 1. The van der Waals surface area contributed by atoms with E-state index in [0.717, 1.165) is 5.70 Å². The van der Waals surface area contributed by atoms with Crippen molar-refractivity contribution >= 4 is 6.21 Å². The fraction of sp³-hybridized carbons (Fsp3) is 0.769. The zero-order valence-electron chi connectivity index (χ0n) is 10.7. The summed E-state index contributed by atoms with van der Waals surface area (Å²) < 4.78 is 0. The molecule has 1 fully saturated rings. The molecule has 1 aliphatic carbocycles. The normalized spacial score (nSPS) is 21.3. The van der Waals surface area contributed by atoms with Crippen LogP contribution in [-0.4, -0.2) is 18.3 Å². The van der Waals surface area contributed by atoms with Crippen molar-refractivity contribution in [3.05, 3.63) is 11.9 Å². The van der Waals surface area contributed by atoms with Crippen molar-refractivity contribution in [3.63, 3.8) is 0 Å². The molecule has 3 N–H and O–H groups in total. The third kappa shape index (κ3) is 4.79. The molecular formula is C13H25N3. The maximum atomic E-state index is 5.61. The van der Waals surface area contributed by atoms with Crippen LogP contribution in [-0.2, 0) is 0 Å². The molecule has 0 spiro atoms. The van der Waals surface area contributed by atoms with E-state index in [1.807, 2.05) is 6.21 Å². The Morgan fingerprint density at radius 1 is 1.50 bits per heavy atom. The Kier molecular flexibility index (Phi) is 5.53. The highest BCUT2D eigenvalue weighted by molar-refractivity contribution is 5.61. The second kappa shape index (κ2) is 6.69. The average molecular weight is 223 g/mol. The zero-order chi connectivity index (χ0) is 12.0. The van der Waals surface area contributed by atoms with Crippen molar-refractivity contribution in [2.75, 3.05) is 0 Å². The van der Waals surface area contributed by atoms with Crippen molar-refractivity contribution < 1.29 is 0 Å². The van der Waals surface area contributed by atoms with Crippen molar-refractivity contribution in [3.8, 4) is 0 Å². The largest absolute Gasteiger partial charge is 0.403 e. The maximum absolute atomic E-state index is 5.61. The van der Waals surface area contributed by atoms with Crippen LogP contribution in [0.25, 0.3) is 0 Å². The summed E-state index contributed by atoms with van der Waals surface area (Å²) in [7, 11) is 0. The van der Waals surface area contributed by atoms with E-state index in [2.05, 4.69) is 31.1 Å². The lowest BCUT2D eigenvalue weighted by atomic mass is 10.1. The quantitative estimate of drug-likeness (QED) is 0.651. The van der Waals surface area contributed by atoms with Gasteiger partial charge in [-0.15, -0.1) is 0 Å². The van der Waals surface area contributed by atoms with Crippen molar-refractivity contribution in [2.24, 2.45) is 16.6 Å². The topological polar surface area (TPSA) is 50.4 Å². The third-order valence-electron chi connectivity index (χ3n) is 2.90. The van der Waals surface area contributed by atoms with Gasteiger partial charge in [-0.3, -0.25) is 4.99 Å². The Bertz CT molecular complexity index is 254. The van der Waals surface area contributed by atoms with Gasteiger partial charge in [-0.05, 0) is 32.1 Å². The third-order valence-corrected chi connectivity index (χ3v) is 2.90. The molecule has 3 nitrogen and oxygen atoms in total. The summed E-state index contributed by atoms with van der Waals surface area (Å²) in [6, 6.07) is 0.954. The van der Waals surface area contributed by atoms with E-state index in [1.165, 1.54) is 25.7 Å². The second-order valence-corrected chi connectivity index (χ2v) is 4.80. The summed E-state index contributed by atoms with van der Waals surface area (Å²) >= 11 is 0. The number of rotatable bonds is 7. The molecular weight excluding hydrogens is 198 g/mol. The maximum Gasteiger partial charge on any atom is 0.0720 e. The Hall–Kier alpha value is -0.830. The number of hydrogen-bond acceptors (Lipinski definition) is 3. The van der Waals surface area contributed by atoms with Crippen LogP contribution in [0.1, 0.15) is 46.5 Å². The molecule has 0 heterocycles. The first-order valence-electron chi connectivity index (χ1n) is 6.39. The van der Waals surface area contributed by atoms with Gasteiger partial charge in [0.2, 0.25) is 0 Å². The van der Waals surface area contributed by atoms with E-state index in [4.69, 9.17) is 5.73 Å². The smallest absolute Gasteiger partial charge is 0.0720 e. The molecule has 0 amide bonds. The fourth-order valence-corrected chi connectivity index (χ4v) is 1.73. The molecule has 0 aromatic carbocycles. The van der Waals surface area contributed by atoms with Crippen molar-refractivity contribution in [1.29, 1.82) is 0 Å². The monoisotopic (exact) mass is 223 g/mol. The van der Waals surface area contributed by atoms with Gasteiger partial charge in [0.25, 0.3) is 0 Å². The molecule has 0 aliphatic heterocycles. The summed E-state index contributed by atoms with van der Waals surface area (Å²) in [5.41, 5.74) is 6.57. The van der Waals surface area contributed by atoms with Crippen molar-refractivity contribution in [2.45, 2.75) is 58.5 Å². The van der Waals surface area contributed by atoms with E-state index in [-0.39, 0.29) is 6.04 Å². The van der Waals surface area contributed by atoms with Crippen molar-refractivity contribution in [1.82, 2.24) is 5.32 Å². The van der Waals surface area contributed by atoms with Gasteiger partial charge in [-0.25, -0.2) is 0 Å². The minimum absolute atomic E-state index is 0.266. The fourth-order valence-electron chi connectivity index (χ4n) is 1.73. The average Bonchev–Trinajstić information content (AvgIpc) is 3.03. The lowest BCUT2D eigenvalue weighted by molar-refractivity contribution is 0.597. The number of nitrogens with two attached hydrogens (primary N) is 1. The van der Waals surface area contributed by atoms with Crippen LogP contribution < -0.4 is 11.1 Å². The minimum atomic E-state index is 0.266. The van der Waals surface area contributed by atoms with Gasteiger partial charge in [0.15, 0.2) is 0 Å². The SMILES string of the molecule is CCCC(C)C=N/C(=C\N)C(C)NC1CC1. The first-order valence-corrected chi connectivity index (χ1v) is 6.39. The van der Waals surface area contributed by atoms with Crippen LogP contribution in [0.5, 0.6) is 0 Å². The van der Waals surface area contributed by atoms with Gasteiger partial charge in [-0.1, -0.05) is 20.3 Å². The minimum Gasteiger partial charge on any atom is -0.403 e. The van der Waals surface area contributed by atoms with Crippen LogP contribution in [0.3, 0.4) is 0 Å². The van der Waals surface area contributed by atoms with Gasteiger partial charge >= 0.3 is 0 Å².